The molecular weight excluding hydrogens is 444 g/mol. The van der Waals surface area contributed by atoms with Crippen molar-refractivity contribution in [2.75, 3.05) is 13.1 Å². The summed E-state index contributed by atoms with van der Waals surface area (Å²) in [6, 6.07) is 16.2. The van der Waals surface area contributed by atoms with Crippen molar-refractivity contribution in [3.63, 3.8) is 0 Å². The molecule has 1 saturated heterocycles. The highest BCUT2D eigenvalue weighted by molar-refractivity contribution is 7.98. The van der Waals surface area contributed by atoms with Crippen LogP contribution in [0.2, 0.25) is 0 Å². The number of aryl methyl sites for hydroxylation is 2. The number of rotatable bonds is 7. The van der Waals surface area contributed by atoms with E-state index in [0.717, 1.165) is 59.2 Å². The molecule has 0 radical (unpaired) electrons. The molecule has 7 heteroatoms. The summed E-state index contributed by atoms with van der Waals surface area (Å²) >= 11 is 1.63. The Labute approximate surface area is 204 Å². The van der Waals surface area contributed by atoms with Crippen LogP contribution in [0.15, 0.2) is 62.9 Å². The molecule has 4 aromatic rings. The molecule has 34 heavy (non-hydrogen) atoms. The molecule has 2 aromatic carbocycles. The lowest BCUT2D eigenvalue weighted by atomic mass is 10.0. The number of likely N-dealkylation sites (tertiary alicyclic amines) is 1. The van der Waals surface area contributed by atoms with Crippen LogP contribution in [0.4, 0.5) is 0 Å². The summed E-state index contributed by atoms with van der Waals surface area (Å²) < 4.78 is 7.79. The van der Waals surface area contributed by atoms with Gasteiger partial charge in [0.1, 0.15) is 11.4 Å². The molecule has 0 spiro atoms. The highest BCUT2D eigenvalue weighted by Crippen LogP contribution is 2.29. The Kier molecular flexibility index (Phi) is 6.83. The number of hydrogen-bond donors (Lipinski definition) is 0. The molecule has 1 fully saturated rings. The maximum absolute atomic E-state index is 12.3. The van der Waals surface area contributed by atoms with Crippen LogP contribution in [-0.2, 0) is 18.8 Å². The van der Waals surface area contributed by atoms with Gasteiger partial charge in [0, 0.05) is 17.2 Å². The monoisotopic (exact) mass is 474 g/mol. The lowest BCUT2D eigenvalue weighted by Gasteiger charge is -2.26. The summed E-state index contributed by atoms with van der Waals surface area (Å²) in [5.74, 6) is 1.62. The molecular formula is C27H30N4O2S. The Hall–Kier alpha value is -2.90. The number of benzene rings is 2. The van der Waals surface area contributed by atoms with Gasteiger partial charge in [0.05, 0.1) is 13.1 Å². The van der Waals surface area contributed by atoms with Crippen LogP contribution in [0, 0.1) is 13.8 Å². The quantitative estimate of drug-likeness (QED) is 0.267. The van der Waals surface area contributed by atoms with Gasteiger partial charge in [0.25, 0.3) is 0 Å². The Bertz CT molecular complexity index is 1340. The normalized spacial score (nSPS) is 14.6. The van der Waals surface area contributed by atoms with Gasteiger partial charge in [-0.3, -0.25) is 4.90 Å². The van der Waals surface area contributed by atoms with E-state index in [9.17, 15) is 4.79 Å². The molecule has 0 bridgehead atoms. The van der Waals surface area contributed by atoms with E-state index in [2.05, 4.69) is 50.0 Å². The van der Waals surface area contributed by atoms with Crippen LogP contribution in [0.5, 0.6) is 0 Å². The van der Waals surface area contributed by atoms with Crippen molar-refractivity contribution < 1.29 is 4.42 Å². The third kappa shape index (κ3) is 4.95. The lowest BCUT2D eigenvalue weighted by molar-refractivity contribution is 0.213. The Morgan fingerprint density at radius 1 is 0.971 bits per heavy atom. The van der Waals surface area contributed by atoms with E-state index in [1.165, 1.54) is 24.8 Å². The fourth-order valence-electron chi connectivity index (χ4n) is 4.57. The van der Waals surface area contributed by atoms with Gasteiger partial charge in [-0.2, -0.15) is 0 Å². The average molecular weight is 475 g/mol. The molecule has 0 unspecified atom stereocenters. The first-order valence-corrected chi connectivity index (χ1v) is 12.9. The van der Waals surface area contributed by atoms with Gasteiger partial charge in [0.15, 0.2) is 5.16 Å². The molecule has 5 rings (SSSR count). The highest BCUT2D eigenvalue weighted by atomic mass is 32.2. The predicted octanol–water partition coefficient (Wildman–Crippen LogP) is 5.33. The standard InChI is InChI=1S/C27H30N4O2S/c1-19-11-12-23-22(15-25(32)33-26(23)20(19)2)18-34-27-29-28-24(17-30-13-7-4-8-14-30)31(27)16-21-9-5-3-6-10-21/h3,5-6,9-12,15H,4,7-8,13-14,16-18H2,1-2H3. The third-order valence-electron chi connectivity index (χ3n) is 6.66. The fraction of sp³-hybridized carbons (Fsp3) is 0.370. The molecule has 1 aliphatic heterocycles. The smallest absolute Gasteiger partial charge is 0.336 e. The minimum atomic E-state index is -0.312. The van der Waals surface area contributed by atoms with Gasteiger partial charge in [-0.15, -0.1) is 10.2 Å². The maximum atomic E-state index is 12.3. The molecule has 176 valence electrons. The number of fused-ring (bicyclic) bond motifs is 1. The van der Waals surface area contributed by atoms with Gasteiger partial charge in [-0.1, -0.05) is 60.6 Å². The van der Waals surface area contributed by atoms with Crippen LogP contribution in [0.25, 0.3) is 11.0 Å². The zero-order valence-electron chi connectivity index (χ0n) is 19.8. The van der Waals surface area contributed by atoms with Gasteiger partial charge in [-0.25, -0.2) is 4.79 Å². The summed E-state index contributed by atoms with van der Waals surface area (Å²) in [4.78, 5) is 14.8. The van der Waals surface area contributed by atoms with E-state index in [1.807, 2.05) is 26.0 Å². The van der Waals surface area contributed by atoms with E-state index in [4.69, 9.17) is 4.42 Å². The minimum Gasteiger partial charge on any atom is -0.422 e. The van der Waals surface area contributed by atoms with E-state index in [1.54, 1.807) is 17.8 Å². The van der Waals surface area contributed by atoms with Crippen molar-refractivity contribution in [2.24, 2.45) is 0 Å². The van der Waals surface area contributed by atoms with Gasteiger partial charge >= 0.3 is 5.63 Å². The summed E-state index contributed by atoms with van der Waals surface area (Å²) in [6.45, 7) is 7.81. The minimum absolute atomic E-state index is 0.312. The van der Waals surface area contributed by atoms with E-state index in [-0.39, 0.29) is 5.63 Å². The number of aromatic nitrogens is 3. The van der Waals surface area contributed by atoms with Gasteiger partial charge in [-0.05, 0) is 62.0 Å². The summed E-state index contributed by atoms with van der Waals surface area (Å²) in [6.07, 6.45) is 3.81. The maximum Gasteiger partial charge on any atom is 0.336 e. The molecule has 0 amide bonds. The van der Waals surface area contributed by atoms with Crippen LogP contribution < -0.4 is 5.63 Å². The van der Waals surface area contributed by atoms with Crippen LogP contribution in [0.3, 0.4) is 0 Å². The van der Waals surface area contributed by atoms with Gasteiger partial charge in [0.2, 0.25) is 0 Å². The average Bonchev–Trinajstić information content (AvgIpc) is 3.22. The fourth-order valence-corrected chi connectivity index (χ4v) is 5.52. The summed E-state index contributed by atoms with van der Waals surface area (Å²) in [7, 11) is 0. The first-order valence-electron chi connectivity index (χ1n) is 11.9. The summed E-state index contributed by atoms with van der Waals surface area (Å²) in [5.41, 5.74) is 4.68. The second kappa shape index (κ2) is 10.2. The third-order valence-corrected chi connectivity index (χ3v) is 7.68. The van der Waals surface area contributed by atoms with E-state index >= 15 is 0 Å². The van der Waals surface area contributed by atoms with Gasteiger partial charge < -0.3 is 8.98 Å². The first kappa shape index (κ1) is 22.9. The number of hydrogen-bond acceptors (Lipinski definition) is 6. The van der Waals surface area contributed by atoms with Crippen LogP contribution in [0.1, 0.15) is 47.3 Å². The Balaban J connectivity index is 1.44. The molecule has 2 aromatic heterocycles. The molecule has 0 N–H and O–H groups in total. The van der Waals surface area contributed by atoms with Crippen molar-refractivity contribution in [3.05, 3.63) is 87.0 Å². The largest absolute Gasteiger partial charge is 0.422 e. The molecule has 0 atom stereocenters. The van der Waals surface area contributed by atoms with E-state index < -0.39 is 0 Å². The molecule has 0 saturated carbocycles. The zero-order chi connectivity index (χ0) is 23.5. The van der Waals surface area contributed by atoms with Crippen molar-refractivity contribution in [1.82, 2.24) is 19.7 Å². The lowest BCUT2D eigenvalue weighted by Crippen LogP contribution is -2.30. The zero-order valence-corrected chi connectivity index (χ0v) is 20.6. The second-order valence-corrected chi connectivity index (χ2v) is 10.0. The first-order chi connectivity index (χ1) is 16.6. The van der Waals surface area contributed by atoms with Crippen LogP contribution >= 0.6 is 11.8 Å². The molecule has 3 heterocycles. The molecule has 1 aliphatic rings. The van der Waals surface area contributed by atoms with Crippen LogP contribution in [-0.4, -0.2) is 32.8 Å². The van der Waals surface area contributed by atoms with Crippen molar-refractivity contribution in [2.45, 2.75) is 57.1 Å². The number of thioether (sulfide) groups is 1. The molecule has 6 nitrogen and oxygen atoms in total. The van der Waals surface area contributed by atoms with E-state index in [0.29, 0.717) is 11.3 Å². The number of nitrogens with zero attached hydrogens (tertiary/aromatic N) is 4. The predicted molar refractivity (Wildman–Crippen MR) is 136 cm³/mol. The topological polar surface area (TPSA) is 64.2 Å². The second-order valence-electron chi connectivity index (χ2n) is 9.07. The number of piperidine rings is 1. The molecule has 0 aliphatic carbocycles. The summed E-state index contributed by atoms with van der Waals surface area (Å²) in [5, 5.41) is 11.0. The Morgan fingerprint density at radius 2 is 1.76 bits per heavy atom. The van der Waals surface area contributed by atoms with Crippen molar-refractivity contribution >= 4 is 22.7 Å². The highest BCUT2D eigenvalue weighted by Gasteiger charge is 2.19. The van der Waals surface area contributed by atoms with Crippen molar-refractivity contribution in [3.8, 4) is 0 Å². The Morgan fingerprint density at radius 3 is 2.56 bits per heavy atom. The SMILES string of the molecule is Cc1ccc2c(CSc3nnc(CN4CCCCC4)n3Cc3ccccc3)cc(=O)oc2c1C. The van der Waals surface area contributed by atoms with Crippen molar-refractivity contribution in [1.29, 1.82) is 0 Å².